The van der Waals surface area contributed by atoms with Crippen LogP contribution in [0.3, 0.4) is 0 Å². The highest BCUT2D eigenvalue weighted by atomic mass is 32.2. The molecule has 2 heterocycles. The van der Waals surface area contributed by atoms with Gasteiger partial charge < -0.3 is 4.74 Å². The Balaban J connectivity index is 2.17. The molecule has 8 heteroatoms. The summed E-state index contributed by atoms with van der Waals surface area (Å²) in [4.78, 5) is 3.85. The Morgan fingerprint density at radius 1 is 1.24 bits per heavy atom. The minimum Gasteiger partial charge on any atom is -0.497 e. The van der Waals surface area contributed by atoms with Crippen LogP contribution in [0.2, 0.25) is 0 Å². The first kappa shape index (κ1) is 13.8. The fourth-order valence-electron chi connectivity index (χ4n) is 1.84. The molecule has 0 aliphatic rings. The average Bonchev–Trinajstić information content (AvgIpc) is 3.19. The second-order valence-corrected chi connectivity index (χ2v) is 7.16. The molecule has 0 fully saturated rings. The first-order chi connectivity index (χ1) is 10.1. The van der Waals surface area contributed by atoms with E-state index < -0.39 is 9.84 Å². The number of hydrogen-bond donors (Lipinski definition) is 1. The van der Waals surface area contributed by atoms with E-state index in [2.05, 4.69) is 20.7 Å². The van der Waals surface area contributed by atoms with Gasteiger partial charge >= 0.3 is 0 Å². The molecule has 0 aliphatic carbocycles. The number of sulfone groups is 1. The van der Waals surface area contributed by atoms with Gasteiger partial charge in [0.25, 0.3) is 0 Å². The SMILES string of the molecule is COc1cc(-c2cn[nH]c2)cc(S(=O)(=O)c2cn[c]s2)c1. The number of nitrogens with zero attached hydrogens (tertiary/aromatic N) is 2. The minimum atomic E-state index is -3.63. The van der Waals surface area contributed by atoms with Crippen LogP contribution in [0.25, 0.3) is 11.1 Å². The lowest BCUT2D eigenvalue weighted by Gasteiger charge is -2.08. The van der Waals surface area contributed by atoms with Crippen LogP contribution in [0.5, 0.6) is 5.75 Å². The van der Waals surface area contributed by atoms with Crippen LogP contribution in [-0.2, 0) is 9.84 Å². The Labute approximate surface area is 125 Å². The van der Waals surface area contributed by atoms with Gasteiger partial charge in [-0.15, -0.1) is 0 Å². The first-order valence-electron chi connectivity index (χ1n) is 5.86. The third kappa shape index (κ3) is 2.55. The molecule has 1 radical (unpaired) electrons. The van der Waals surface area contributed by atoms with Crippen molar-refractivity contribution in [3.63, 3.8) is 0 Å². The third-order valence-corrected chi connectivity index (χ3v) is 5.79. The predicted molar refractivity (Wildman–Crippen MR) is 77.0 cm³/mol. The highest BCUT2D eigenvalue weighted by Gasteiger charge is 2.21. The molecule has 21 heavy (non-hydrogen) atoms. The van der Waals surface area contributed by atoms with Gasteiger partial charge in [0.15, 0.2) is 5.51 Å². The largest absolute Gasteiger partial charge is 0.497 e. The molecule has 0 spiro atoms. The molecule has 3 aromatic rings. The van der Waals surface area contributed by atoms with E-state index in [1.54, 1.807) is 24.5 Å². The van der Waals surface area contributed by atoms with E-state index in [-0.39, 0.29) is 9.10 Å². The van der Waals surface area contributed by atoms with E-state index in [4.69, 9.17) is 4.74 Å². The van der Waals surface area contributed by atoms with E-state index >= 15 is 0 Å². The van der Waals surface area contributed by atoms with Crippen LogP contribution in [0.15, 0.2) is 45.9 Å². The van der Waals surface area contributed by atoms with E-state index in [0.717, 1.165) is 16.9 Å². The summed E-state index contributed by atoms with van der Waals surface area (Å²) >= 11 is 0.958. The number of benzene rings is 1. The Bertz CT molecular complexity index is 841. The molecule has 0 bridgehead atoms. The van der Waals surface area contributed by atoms with Gasteiger partial charge in [-0.25, -0.2) is 13.4 Å². The maximum absolute atomic E-state index is 12.6. The van der Waals surface area contributed by atoms with Crippen molar-refractivity contribution >= 4 is 21.2 Å². The summed E-state index contributed by atoms with van der Waals surface area (Å²) in [6.07, 6.45) is 4.59. The molecule has 0 amide bonds. The Kier molecular flexibility index (Phi) is 3.48. The molecule has 2 aromatic heterocycles. The molecule has 0 atom stereocenters. The van der Waals surface area contributed by atoms with Gasteiger partial charge in [-0.1, -0.05) is 11.3 Å². The van der Waals surface area contributed by atoms with Gasteiger partial charge in [0, 0.05) is 11.8 Å². The standard InChI is InChI=1S/C13H10N3O3S2/c1-19-11-2-9(10-5-15-16-6-10)3-12(4-11)21(17,18)13-7-14-8-20-13/h2-7H,1H3,(H,15,16). The van der Waals surface area contributed by atoms with Crippen LogP contribution < -0.4 is 4.74 Å². The Hall–Kier alpha value is -2.19. The van der Waals surface area contributed by atoms with E-state index in [9.17, 15) is 8.42 Å². The van der Waals surface area contributed by atoms with Crippen LogP contribution in [0.4, 0.5) is 0 Å². The van der Waals surface area contributed by atoms with Gasteiger partial charge in [0.05, 0.1) is 24.4 Å². The molecule has 0 aliphatic heterocycles. The normalized spacial score (nSPS) is 11.5. The van der Waals surface area contributed by atoms with Crippen molar-refractivity contribution in [2.45, 2.75) is 9.10 Å². The number of aromatic nitrogens is 3. The molecule has 0 saturated heterocycles. The van der Waals surface area contributed by atoms with Crippen molar-refractivity contribution < 1.29 is 13.2 Å². The van der Waals surface area contributed by atoms with E-state index in [1.165, 1.54) is 19.4 Å². The van der Waals surface area contributed by atoms with Crippen molar-refractivity contribution in [2.24, 2.45) is 0 Å². The smallest absolute Gasteiger partial charge is 0.217 e. The van der Waals surface area contributed by atoms with Gasteiger partial charge in [-0.3, -0.25) is 5.10 Å². The van der Waals surface area contributed by atoms with Crippen molar-refractivity contribution in [2.75, 3.05) is 7.11 Å². The maximum atomic E-state index is 12.6. The topological polar surface area (TPSA) is 84.9 Å². The van der Waals surface area contributed by atoms with Crippen molar-refractivity contribution in [3.8, 4) is 16.9 Å². The fraction of sp³-hybridized carbons (Fsp3) is 0.0769. The summed E-state index contributed by atoms with van der Waals surface area (Å²) in [5, 5.41) is 6.57. The molecule has 3 rings (SSSR count). The molecular formula is C13H10N3O3S2. The summed E-state index contributed by atoms with van der Waals surface area (Å²) in [6.45, 7) is 0. The second kappa shape index (κ2) is 5.30. The molecular weight excluding hydrogens is 310 g/mol. The average molecular weight is 320 g/mol. The first-order valence-corrected chi connectivity index (χ1v) is 8.16. The number of thiazole rings is 1. The predicted octanol–water partition coefficient (Wildman–Crippen LogP) is 2.17. The van der Waals surface area contributed by atoms with Crippen LogP contribution in [0, 0.1) is 5.51 Å². The number of methoxy groups -OCH3 is 1. The molecule has 107 valence electrons. The highest BCUT2D eigenvalue weighted by Crippen LogP contribution is 2.31. The summed E-state index contributed by atoms with van der Waals surface area (Å²) in [7, 11) is -2.14. The summed E-state index contributed by atoms with van der Waals surface area (Å²) < 4.78 is 30.5. The number of H-pyrrole nitrogens is 1. The van der Waals surface area contributed by atoms with Crippen molar-refractivity contribution in [1.29, 1.82) is 0 Å². The number of ether oxygens (including phenoxy) is 1. The second-order valence-electron chi connectivity index (χ2n) is 4.16. The number of hydrogen-bond acceptors (Lipinski definition) is 6. The Morgan fingerprint density at radius 3 is 2.71 bits per heavy atom. The monoisotopic (exact) mass is 320 g/mol. The zero-order valence-corrected chi connectivity index (χ0v) is 12.5. The van der Waals surface area contributed by atoms with Crippen LogP contribution >= 0.6 is 11.3 Å². The van der Waals surface area contributed by atoms with Crippen LogP contribution in [0.1, 0.15) is 0 Å². The summed E-state index contributed by atoms with van der Waals surface area (Å²) in [5.41, 5.74) is 4.03. The third-order valence-electron chi connectivity index (χ3n) is 2.89. The number of aromatic amines is 1. The van der Waals surface area contributed by atoms with Gasteiger partial charge in [-0.05, 0) is 23.8 Å². The van der Waals surface area contributed by atoms with Crippen LogP contribution in [-0.4, -0.2) is 30.7 Å². The van der Waals surface area contributed by atoms with Crippen molar-refractivity contribution in [1.82, 2.24) is 15.2 Å². The zero-order chi connectivity index (χ0) is 14.9. The lowest BCUT2D eigenvalue weighted by Crippen LogP contribution is -2.01. The number of nitrogens with one attached hydrogen (secondary N) is 1. The molecule has 1 N–H and O–H groups in total. The summed E-state index contributed by atoms with van der Waals surface area (Å²) in [6, 6.07) is 4.82. The lowest BCUT2D eigenvalue weighted by atomic mass is 10.1. The van der Waals surface area contributed by atoms with Crippen molar-refractivity contribution in [3.05, 3.63) is 42.3 Å². The lowest BCUT2D eigenvalue weighted by molar-refractivity contribution is 0.413. The fourth-order valence-corrected chi connectivity index (χ4v) is 3.95. The molecule has 1 aromatic carbocycles. The zero-order valence-electron chi connectivity index (χ0n) is 10.9. The summed E-state index contributed by atoms with van der Waals surface area (Å²) in [5.74, 6) is 0.459. The quantitative estimate of drug-likeness (QED) is 0.796. The van der Waals surface area contributed by atoms with E-state index in [0.29, 0.717) is 11.3 Å². The highest BCUT2D eigenvalue weighted by molar-refractivity contribution is 7.93. The van der Waals surface area contributed by atoms with Gasteiger partial charge in [0.2, 0.25) is 9.84 Å². The molecule has 0 saturated carbocycles. The van der Waals surface area contributed by atoms with Gasteiger partial charge in [0.1, 0.15) is 9.96 Å². The number of rotatable bonds is 4. The van der Waals surface area contributed by atoms with E-state index in [1.807, 2.05) is 0 Å². The Morgan fingerprint density at radius 2 is 2.10 bits per heavy atom. The molecule has 6 nitrogen and oxygen atoms in total. The van der Waals surface area contributed by atoms with Gasteiger partial charge in [-0.2, -0.15) is 5.10 Å². The molecule has 0 unspecified atom stereocenters. The minimum absolute atomic E-state index is 0.147. The maximum Gasteiger partial charge on any atom is 0.217 e.